The highest BCUT2D eigenvalue weighted by atomic mass is 16.4. The highest BCUT2D eigenvalue weighted by Gasteiger charge is 2.32. The van der Waals surface area contributed by atoms with E-state index in [1.807, 2.05) is 13.8 Å². The Balaban J connectivity index is 3.03. The van der Waals surface area contributed by atoms with Crippen LogP contribution < -0.4 is 27.4 Å². The molecule has 1 rings (SSSR count). The second-order valence-corrected chi connectivity index (χ2v) is 8.90. The van der Waals surface area contributed by atoms with Gasteiger partial charge in [0.05, 0.1) is 18.9 Å². The number of hydrogen-bond acceptors (Lipinski definition) is 8. The fourth-order valence-electron chi connectivity index (χ4n) is 3.30. The zero-order valence-electron chi connectivity index (χ0n) is 20.5. The van der Waals surface area contributed by atoms with E-state index < -0.39 is 72.6 Å². The number of carbonyl (C=O) groups excluding carboxylic acids is 4. The van der Waals surface area contributed by atoms with Gasteiger partial charge in [0.25, 0.3) is 0 Å². The number of aliphatic carboxylic acids is 2. The van der Waals surface area contributed by atoms with Gasteiger partial charge in [0.15, 0.2) is 0 Å². The molecule has 14 nitrogen and oxygen atoms in total. The minimum absolute atomic E-state index is 0.0494. The number of nitrogens with one attached hydrogen (secondary N) is 3. The molecule has 37 heavy (non-hydrogen) atoms. The van der Waals surface area contributed by atoms with Crippen molar-refractivity contribution in [1.29, 1.82) is 0 Å². The molecule has 10 N–H and O–H groups in total. The highest BCUT2D eigenvalue weighted by Crippen LogP contribution is 2.12. The van der Waals surface area contributed by atoms with Crippen LogP contribution in [0.4, 0.5) is 0 Å². The number of carbonyl (C=O) groups is 6. The first-order valence-electron chi connectivity index (χ1n) is 11.4. The van der Waals surface area contributed by atoms with Crippen LogP contribution in [-0.2, 0) is 35.2 Å². The van der Waals surface area contributed by atoms with Gasteiger partial charge < -0.3 is 42.7 Å². The summed E-state index contributed by atoms with van der Waals surface area (Å²) in [5.74, 6) is -6.84. The zero-order valence-corrected chi connectivity index (χ0v) is 20.5. The molecule has 1 aromatic rings. The molecular weight excluding hydrogens is 490 g/mol. The summed E-state index contributed by atoms with van der Waals surface area (Å²) in [6.45, 7) is 3.64. The summed E-state index contributed by atoms with van der Waals surface area (Å²) in [6, 6.07) is -0.279. The van der Waals surface area contributed by atoms with Gasteiger partial charge in [0, 0.05) is 6.42 Å². The molecule has 0 heterocycles. The van der Waals surface area contributed by atoms with Gasteiger partial charge in [-0.2, -0.15) is 0 Å². The molecule has 1 aromatic carbocycles. The Morgan fingerprint density at radius 3 is 1.76 bits per heavy atom. The predicted octanol–water partition coefficient (Wildman–Crippen LogP) is -1.80. The molecule has 0 aromatic heterocycles. The van der Waals surface area contributed by atoms with Crippen molar-refractivity contribution < 1.29 is 44.1 Å². The Morgan fingerprint density at radius 2 is 1.30 bits per heavy atom. The number of primary amides is 1. The molecule has 0 saturated carbocycles. The lowest BCUT2D eigenvalue weighted by Gasteiger charge is -2.24. The molecule has 0 aliphatic heterocycles. The highest BCUT2D eigenvalue weighted by molar-refractivity contribution is 5.97. The summed E-state index contributed by atoms with van der Waals surface area (Å²) in [6.07, 6.45) is -1.51. The Morgan fingerprint density at radius 1 is 0.811 bits per heavy atom. The SMILES string of the molecule is CC(C)CC(N)C(=O)NC(CC(N)=O)C(=O)NC(CC(=O)O)C(=O)NC(Cc1ccc(O)cc1)C(=O)O. The third-order valence-electron chi connectivity index (χ3n) is 5.10. The Hall–Kier alpha value is -4.20. The molecule has 0 saturated heterocycles. The minimum atomic E-state index is -1.75. The maximum Gasteiger partial charge on any atom is 0.326 e. The number of phenols is 1. The molecule has 14 heteroatoms. The van der Waals surface area contributed by atoms with Crippen molar-refractivity contribution in [1.82, 2.24) is 16.0 Å². The second-order valence-electron chi connectivity index (χ2n) is 8.90. The van der Waals surface area contributed by atoms with E-state index in [1.54, 1.807) is 0 Å². The lowest BCUT2D eigenvalue weighted by Crippen LogP contribution is -2.58. The van der Waals surface area contributed by atoms with E-state index in [2.05, 4.69) is 16.0 Å². The number of nitrogens with two attached hydrogens (primary N) is 2. The molecule has 0 fully saturated rings. The monoisotopic (exact) mass is 523 g/mol. The molecular formula is C23H33N5O9. The van der Waals surface area contributed by atoms with Gasteiger partial charge in [-0.3, -0.25) is 24.0 Å². The quantitative estimate of drug-likeness (QED) is 0.128. The van der Waals surface area contributed by atoms with E-state index in [1.165, 1.54) is 24.3 Å². The van der Waals surface area contributed by atoms with Crippen LogP contribution in [0, 0.1) is 5.92 Å². The number of aromatic hydroxyl groups is 1. The van der Waals surface area contributed by atoms with Gasteiger partial charge in [0.2, 0.25) is 23.6 Å². The number of carboxylic acids is 2. The average Bonchev–Trinajstić information content (AvgIpc) is 2.77. The van der Waals surface area contributed by atoms with Crippen molar-refractivity contribution in [3.63, 3.8) is 0 Å². The zero-order chi connectivity index (χ0) is 28.3. The van der Waals surface area contributed by atoms with E-state index in [-0.39, 0.29) is 24.5 Å². The first kappa shape index (κ1) is 30.8. The summed E-state index contributed by atoms with van der Waals surface area (Å²) in [5, 5.41) is 34.7. The third kappa shape index (κ3) is 11.4. The normalized spacial score (nSPS) is 14.1. The number of benzene rings is 1. The largest absolute Gasteiger partial charge is 0.508 e. The van der Waals surface area contributed by atoms with Gasteiger partial charge in [-0.05, 0) is 30.0 Å². The fraction of sp³-hybridized carbons (Fsp3) is 0.478. The van der Waals surface area contributed by atoms with Crippen LogP contribution in [0.3, 0.4) is 0 Å². The van der Waals surface area contributed by atoms with Crippen LogP contribution >= 0.6 is 0 Å². The summed E-state index contributed by atoms with van der Waals surface area (Å²) in [7, 11) is 0. The van der Waals surface area contributed by atoms with E-state index >= 15 is 0 Å². The molecule has 0 radical (unpaired) electrons. The van der Waals surface area contributed by atoms with E-state index in [0.29, 0.717) is 5.56 Å². The van der Waals surface area contributed by atoms with Crippen molar-refractivity contribution >= 4 is 35.6 Å². The first-order chi connectivity index (χ1) is 17.2. The molecule has 204 valence electrons. The van der Waals surface area contributed by atoms with Crippen LogP contribution in [-0.4, -0.2) is 75.1 Å². The van der Waals surface area contributed by atoms with Crippen LogP contribution in [0.15, 0.2) is 24.3 Å². The van der Waals surface area contributed by atoms with Gasteiger partial charge in [-0.15, -0.1) is 0 Å². The van der Waals surface area contributed by atoms with Gasteiger partial charge in [-0.1, -0.05) is 26.0 Å². The summed E-state index contributed by atoms with van der Waals surface area (Å²) in [5.41, 5.74) is 11.4. The van der Waals surface area contributed by atoms with Crippen molar-refractivity contribution in [3.8, 4) is 5.75 Å². The maximum absolute atomic E-state index is 12.8. The van der Waals surface area contributed by atoms with Gasteiger partial charge in [0.1, 0.15) is 23.9 Å². The van der Waals surface area contributed by atoms with Gasteiger partial charge in [-0.25, -0.2) is 4.79 Å². The molecule has 4 amide bonds. The number of carboxylic acid groups (broad SMARTS) is 2. The molecule has 0 aliphatic rings. The molecule has 4 unspecified atom stereocenters. The number of rotatable bonds is 15. The van der Waals surface area contributed by atoms with E-state index in [4.69, 9.17) is 11.5 Å². The average molecular weight is 524 g/mol. The topological polar surface area (TPSA) is 251 Å². The number of hydrogen-bond donors (Lipinski definition) is 8. The fourth-order valence-corrected chi connectivity index (χ4v) is 3.30. The van der Waals surface area contributed by atoms with Crippen molar-refractivity contribution in [2.75, 3.05) is 0 Å². The van der Waals surface area contributed by atoms with Crippen molar-refractivity contribution in [3.05, 3.63) is 29.8 Å². The first-order valence-corrected chi connectivity index (χ1v) is 11.4. The molecule has 0 spiro atoms. The van der Waals surface area contributed by atoms with Crippen LogP contribution in [0.25, 0.3) is 0 Å². The summed E-state index contributed by atoms with van der Waals surface area (Å²) in [4.78, 5) is 72.4. The molecule has 0 bridgehead atoms. The molecule has 4 atom stereocenters. The minimum Gasteiger partial charge on any atom is -0.508 e. The van der Waals surface area contributed by atoms with Crippen molar-refractivity contribution in [2.24, 2.45) is 17.4 Å². The lowest BCUT2D eigenvalue weighted by molar-refractivity contribution is -0.143. The molecule has 0 aliphatic carbocycles. The summed E-state index contributed by atoms with van der Waals surface area (Å²) < 4.78 is 0. The summed E-state index contributed by atoms with van der Waals surface area (Å²) >= 11 is 0. The Labute approximate surface area is 212 Å². The standard InChI is InChI=1S/C23H33N5O9/c1-11(2)7-14(24)20(33)26-15(9-18(25)30)21(34)27-16(10-19(31)32)22(35)28-17(23(36)37)8-12-3-5-13(29)6-4-12/h3-6,11,14-17,29H,7-10,24H2,1-2H3,(H2,25,30)(H,26,33)(H,27,34)(H,28,35)(H,31,32)(H,36,37). The van der Waals surface area contributed by atoms with Crippen LogP contribution in [0.1, 0.15) is 38.7 Å². The van der Waals surface area contributed by atoms with E-state index in [9.17, 15) is 44.1 Å². The lowest BCUT2D eigenvalue weighted by atomic mass is 10.0. The van der Waals surface area contributed by atoms with Crippen LogP contribution in [0.5, 0.6) is 5.75 Å². The number of amides is 4. The third-order valence-corrected chi connectivity index (χ3v) is 5.10. The van der Waals surface area contributed by atoms with Crippen LogP contribution in [0.2, 0.25) is 0 Å². The van der Waals surface area contributed by atoms with E-state index in [0.717, 1.165) is 0 Å². The number of phenolic OH excluding ortho intramolecular Hbond substituents is 1. The van der Waals surface area contributed by atoms with Crippen molar-refractivity contribution in [2.45, 2.75) is 63.7 Å². The Bertz CT molecular complexity index is 997. The Kier molecular flexibility index (Phi) is 12.0. The van der Waals surface area contributed by atoms with Gasteiger partial charge >= 0.3 is 11.9 Å². The smallest absolute Gasteiger partial charge is 0.326 e. The second kappa shape index (κ2) is 14.4. The maximum atomic E-state index is 12.8. The predicted molar refractivity (Wildman–Crippen MR) is 129 cm³/mol.